The third-order valence-electron chi connectivity index (χ3n) is 0.654. The van der Waals surface area contributed by atoms with E-state index in [4.69, 9.17) is 5.73 Å². The summed E-state index contributed by atoms with van der Waals surface area (Å²) in [6.45, 7) is 0. The van der Waals surface area contributed by atoms with Gasteiger partial charge in [-0.1, -0.05) is 0 Å². The van der Waals surface area contributed by atoms with Gasteiger partial charge < -0.3 is 5.73 Å². The fourth-order valence-corrected chi connectivity index (χ4v) is 0.326. The molecule has 64 valence electrons. The molecule has 0 saturated heterocycles. The van der Waals surface area contributed by atoms with E-state index in [1.54, 1.807) is 0 Å². The molecule has 0 aromatic carbocycles. The van der Waals surface area contributed by atoms with Crippen molar-refractivity contribution < 1.29 is 4.79 Å². The van der Waals surface area contributed by atoms with Crippen LogP contribution in [-0.2, 0) is 4.79 Å². The van der Waals surface area contributed by atoms with Gasteiger partial charge in [0.1, 0.15) is 6.21 Å². The molecular weight excluding hydrogens is 193 g/mol. The van der Waals surface area contributed by atoms with Gasteiger partial charge in [-0.25, -0.2) is 0 Å². The van der Waals surface area contributed by atoms with Crippen LogP contribution in [-0.4, -0.2) is 18.1 Å². The largest absolute Gasteiger partial charge is 0.367 e. The molecule has 0 spiro atoms. The second kappa shape index (κ2) is 5.75. The van der Waals surface area contributed by atoms with E-state index in [0.717, 1.165) is 6.21 Å². The van der Waals surface area contributed by atoms with Gasteiger partial charge in [-0.2, -0.15) is 0 Å². The number of guanidine groups is 1. The van der Waals surface area contributed by atoms with E-state index in [1.807, 2.05) is 0 Å². The Morgan fingerprint density at radius 2 is 2.00 bits per heavy atom. The average molecular weight is 200 g/mol. The summed E-state index contributed by atoms with van der Waals surface area (Å²) in [6, 6.07) is 0. The predicted molar refractivity (Wildman–Crippen MR) is 45.9 cm³/mol. The molecule has 0 saturated carbocycles. The van der Waals surface area contributed by atoms with E-state index in [-0.39, 0.29) is 36.7 Å². The van der Waals surface area contributed by atoms with Crippen molar-refractivity contribution in [3.63, 3.8) is 0 Å². The van der Waals surface area contributed by atoms with Crippen LogP contribution in [0.15, 0.2) is 10.2 Å². The summed E-state index contributed by atoms with van der Waals surface area (Å²) in [5.41, 5.74) is 9.61. The first-order chi connectivity index (χ1) is 4.29. The van der Waals surface area contributed by atoms with Crippen molar-refractivity contribution >= 4 is 42.9 Å². The van der Waals surface area contributed by atoms with Gasteiger partial charge in [0, 0.05) is 0 Å². The van der Waals surface area contributed by atoms with Crippen LogP contribution in [0.4, 0.5) is 0 Å². The summed E-state index contributed by atoms with van der Waals surface area (Å²) in [6.07, 6.45) is 1.02. The third-order valence-corrected chi connectivity index (χ3v) is 0.654. The van der Waals surface area contributed by atoms with Crippen LogP contribution in [0.25, 0.3) is 0 Å². The lowest BCUT2D eigenvalue weighted by molar-refractivity contribution is -0.114. The molecular formula is C3H7Cl2N5O. The molecule has 1 aliphatic rings. The topological polar surface area (TPSA) is 91.9 Å². The SMILES string of the molecule is Cl.Cl.NC1=NN=CC(=O)NN1. The molecule has 0 atom stereocenters. The summed E-state index contributed by atoms with van der Waals surface area (Å²) in [5.74, 6) is -0.309. The quantitative estimate of drug-likeness (QED) is 0.456. The molecule has 0 aliphatic carbocycles. The smallest absolute Gasteiger partial charge is 0.282 e. The van der Waals surface area contributed by atoms with Crippen molar-refractivity contribution in [3.8, 4) is 0 Å². The lowest BCUT2D eigenvalue weighted by Gasteiger charge is -1.98. The summed E-state index contributed by atoms with van der Waals surface area (Å²) in [4.78, 5) is 10.4. The summed E-state index contributed by atoms with van der Waals surface area (Å²) in [5, 5.41) is 6.64. The van der Waals surface area contributed by atoms with Crippen molar-refractivity contribution in [2.45, 2.75) is 0 Å². The lowest BCUT2D eigenvalue weighted by atomic mass is 10.7. The van der Waals surface area contributed by atoms with Gasteiger partial charge in [0.15, 0.2) is 0 Å². The van der Waals surface area contributed by atoms with Crippen LogP contribution >= 0.6 is 24.8 Å². The van der Waals surface area contributed by atoms with E-state index in [9.17, 15) is 4.79 Å². The van der Waals surface area contributed by atoms with E-state index >= 15 is 0 Å². The Bertz CT molecular complexity index is 190. The standard InChI is InChI=1S/C3H5N5O.2ClH/c4-3-7-5-1-2(9)6-8-3;;/h1H,(H,6,9)(H3,4,7,8);2*1H. The Morgan fingerprint density at radius 1 is 1.36 bits per heavy atom. The molecule has 0 fully saturated rings. The number of nitrogens with two attached hydrogens (primary N) is 1. The normalized spacial score (nSPS) is 14.2. The van der Waals surface area contributed by atoms with Gasteiger partial charge in [-0.05, 0) is 0 Å². The molecule has 0 radical (unpaired) electrons. The van der Waals surface area contributed by atoms with Crippen molar-refractivity contribution in [2.24, 2.45) is 15.9 Å². The molecule has 0 aromatic rings. The molecule has 0 bridgehead atoms. The second-order valence-electron chi connectivity index (χ2n) is 1.34. The Kier molecular flexibility index (Phi) is 6.61. The van der Waals surface area contributed by atoms with Crippen molar-refractivity contribution in [2.75, 3.05) is 0 Å². The maximum absolute atomic E-state index is 10.4. The highest BCUT2D eigenvalue weighted by Gasteiger charge is 1.98. The number of amides is 1. The van der Waals surface area contributed by atoms with E-state index in [2.05, 4.69) is 21.1 Å². The van der Waals surface area contributed by atoms with Gasteiger partial charge in [-0.3, -0.25) is 15.6 Å². The number of carbonyl (C=O) groups is 1. The number of rotatable bonds is 0. The van der Waals surface area contributed by atoms with Crippen LogP contribution < -0.4 is 16.6 Å². The molecule has 6 nitrogen and oxygen atoms in total. The lowest BCUT2D eigenvalue weighted by Crippen LogP contribution is -2.44. The van der Waals surface area contributed by atoms with Gasteiger partial charge >= 0.3 is 0 Å². The highest BCUT2D eigenvalue weighted by molar-refractivity contribution is 6.26. The van der Waals surface area contributed by atoms with E-state index in [0.29, 0.717) is 0 Å². The van der Waals surface area contributed by atoms with Crippen LogP contribution in [0, 0.1) is 0 Å². The molecule has 1 rings (SSSR count). The highest BCUT2D eigenvalue weighted by atomic mass is 35.5. The molecule has 1 amide bonds. The van der Waals surface area contributed by atoms with Crippen LogP contribution in [0.5, 0.6) is 0 Å². The zero-order valence-corrected chi connectivity index (χ0v) is 6.91. The molecule has 4 N–H and O–H groups in total. The third kappa shape index (κ3) is 4.40. The van der Waals surface area contributed by atoms with E-state index in [1.165, 1.54) is 0 Å². The predicted octanol–water partition coefficient (Wildman–Crippen LogP) is -1.24. The van der Waals surface area contributed by atoms with Crippen molar-refractivity contribution in [3.05, 3.63) is 0 Å². The van der Waals surface area contributed by atoms with Gasteiger partial charge in [0.2, 0.25) is 5.96 Å². The number of halogens is 2. The Labute approximate surface area is 75.1 Å². The van der Waals surface area contributed by atoms with Crippen molar-refractivity contribution in [1.82, 2.24) is 10.9 Å². The number of hydrogen-bond acceptors (Lipinski definition) is 5. The molecule has 1 aliphatic heterocycles. The summed E-state index contributed by atoms with van der Waals surface area (Å²) >= 11 is 0. The Hall–Kier alpha value is -1.01. The first kappa shape index (κ1) is 12.6. The fourth-order valence-electron chi connectivity index (χ4n) is 0.326. The molecule has 0 aromatic heterocycles. The number of hydrogen-bond donors (Lipinski definition) is 3. The van der Waals surface area contributed by atoms with Gasteiger partial charge in [0.05, 0.1) is 0 Å². The summed E-state index contributed by atoms with van der Waals surface area (Å²) in [7, 11) is 0. The van der Waals surface area contributed by atoms with E-state index < -0.39 is 0 Å². The van der Waals surface area contributed by atoms with Crippen LogP contribution in [0.1, 0.15) is 0 Å². The highest BCUT2D eigenvalue weighted by Crippen LogP contribution is 1.71. The molecule has 8 heteroatoms. The number of nitrogens with zero attached hydrogens (tertiary/aromatic N) is 2. The maximum atomic E-state index is 10.4. The first-order valence-electron chi connectivity index (χ1n) is 2.21. The monoisotopic (exact) mass is 199 g/mol. The zero-order valence-electron chi connectivity index (χ0n) is 5.27. The summed E-state index contributed by atoms with van der Waals surface area (Å²) < 4.78 is 0. The first-order valence-corrected chi connectivity index (χ1v) is 2.21. The molecule has 1 heterocycles. The minimum Gasteiger partial charge on any atom is -0.367 e. The zero-order chi connectivity index (χ0) is 6.69. The number of nitrogens with one attached hydrogen (secondary N) is 2. The van der Waals surface area contributed by atoms with Crippen LogP contribution in [0.2, 0.25) is 0 Å². The minimum atomic E-state index is -0.376. The fraction of sp³-hybridized carbons (Fsp3) is 0. The molecule has 0 unspecified atom stereocenters. The van der Waals surface area contributed by atoms with Gasteiger partial charge in [-0.15, -0.1) is 35.0 Å². The Balaban J connectivity index is 0. The Morgan fingerprint density at radius 3 is 2.64 bits per heavy atom. The molecule has 11 heavy (non-hydrogen) atoms. The second-order valence-corrected chi connectivity index (χ2v) is 1.34. The van der Waals surface area contributed by atoms with Crippen molar-refractivity contribution in [1.29, 1.82) is 0 Å². The minimum absolute atomic E-state index is 0. The number of hydrazine groups is 1. The average Bonchev–Trinajstić information content (AvgIpc) is 1.97. The number of carbonyl (C=O) groups excluding carboxylic acids is 1. The van der Waals surface area contributed by atoms with Gasteiger partial charge in [0.25, 0.3) is 5.91 Å². The van der Waals surface area contributed by atoms with Crippen LogP contribution in [0.3, 0.4) is 0 Å². The maximum Gasteiger partial charge on any atom is 0.282 e.